The van der Waals surface area contributed by atoms with Crippen LogP contribution in [0.15, 0.2) is 54.6 Å². The molecular formula is C21H15FN2O3S. The van der Waals surface area contributed by atoms with Crippen LogP contribution in [-0.4, -0.2) is 18.8 Å². The Morgan fingerprint density at radius 2 is 1.93 bits per heavy atom. The summed E-state index contributed by atoms with van der Waals surface area (Å²) in [6.45, 7) is 0. The van der Waals surface area contributed by atoms with Gasteiger partial charge in [0.15, 0.2) is 5.78 Å². The summed E-state index contributed by atoms with van der Waals surface area (Å²) < 4.78 is 19.5. The van der Waals surface area contributed by atoms with Gasteiger partial charge in [-0.25, -0.2) is 4.39 Å². The Bertz CT molecular complexity index is 1090. The van der Waals surface area contributed by atoms with E-state index in [1.165, 1.54) is 19.2 Å². The number of carbonyl (C=O) groups is 2. The Morgan fingerprint density at radius 3 is 2.61 bits per heavy atom. The van der Waals surface area contributed by atoms with Gasteiger partial charge in [0.25, 0.3) is 0 Å². The van der Waals surface area contributed by atoms with Crippen molar-refractivity contribution in [1.82, 2.24) is 0 Å². The molecule has 1 heterocycles. The molecule has 1 N–H and O–H groups in total. The number of amides is 1. The molecule has 0 aliphatic heterocycles. The lowest BCUT2D eigenvalue weighted by molar-refractivity contribution is -0.115. The molecule has 0 saturated carbocycles. The molecule has 28 heavy (non-hydrogen) atoms. The first kappa shape index (κ1) is 19.3. The van der Waals surface area contributed by atoms with Gasteiger partial charge in [-0.05, 0) is 36.4 Å². The van der Waals surface area contributed by atoms with Gasteiger partial charge >= 0.3 is 0 Å². The van der Waals surface area contributed by atoms with Gasteiger partial charge in [-0.1, -0.05) is 18.2 Å². The summed E-state index contributed by atoms with van der Waals surface area (Å²) in [5.41, 5.74) is 1.25. The number of benzene rings is 2. The fourth-order valence-corrected chi connectivity index (χ4v) is 3.40. The monoisotopic (exact) mass is 394 g/mol. The van der Waals surface area contributed by atoms with Gasteiger partial charge in [-0.15, -0.1) is 11.3 Å². The number of methoxy groups -OCH3 is 1. The minimum atomic E-state index is -0.499. The van der Waals surface area contributed by atoms with Gasteiger partial charge in [0.1, 0.15) is 22.5 Å². The summed E-state index contributed by atoms with van der Waals surface area (Å²) in [5.74, 6) is -0.819. The van der Waals surface area contributed by atoms with Crippen LogP contribution >= 0.6 is 11.3 Å². The number of halogens is 1. The highest BCUT2D eigenvalue weighted by atomic mass is 32.1. The van der Waals surface area contributed by atoms with Crippen molar-refractivity contribution < 1.29 is 18.7 Å². The average molecular weight is 394 g/mol. The lowest BCUT2D eigenvalue weighted by Gasteiger charge is -2.12. The van der Waals surface area contributed by atoms with Crippen molar-refractivity contribution in [2.75, 3.05) is 12.4 Å². The first-order valence-corrected chi connectivity index (χ1v) is 9.09. The standard InChI is InChI=1S/C21H15FN2O3S/c1-27-19-8-6-13(10-16(19)15-4-2-3-5-17(15)22)24-21(26)11-18(25)20-9-7-14(12-23)28-20/h2-10H,11H2,1H3,(H,24,26). The predicted octanol–water partition coefficient (Wildman–Crippen LogP) is 4.65. The van der Waals surface area contributed by atoms with Crippen molar-refractivity contribution in [3.63, 3.8) is 0 Å². The second-order valence-electron chi connectivity index (χ2n) is 5.82. The number of thiophene rings is 1. The second kappa shape index (κ2) is 8.46. The van der Waals surface area contributed by atoms with E-state index in [0.29, 0.717) is 32.3 Å². The van der Waals surface area contributed by atoms with Crippen LogP contribution in [0.1, 0.15) is 21.0 Å². The van der Waals surface area contributed by atoms with Crippen molar-refractivity contribution in [3.05, 3.63) is 70.2 Å². The Morgan fingerprint density at radius 1 is 1.14 bits per heavy atom. The summed E-state index contributed by atoms with van der Waals surface area (Å²) in [6.07, 6.45) is -0.355. The molecule has 7 heteroatoms. The molecule has 2 aromatic carbocycles. The third kappa shape index (κ3) is 4.24. The molecule has 0 aliphatic carbocycles. The summed E-state index contributed by atoms with van der Waals surface area (Å²) in [4.78, 5) is 25.2. The normalized spacial score (nSPS) is 10.2. The van der Waals surface area contributed by atoms with Crippen LogP contribution in [0.3, 0.4) is 0 Å². The summed E-state index contributed by atoms with van der Waals surface area (Å²) in [6, 6.07) is 16.1. The van der Waals surface area contributed by atoms with Gasteiger partial charge in [0.2, 0.25) is 5.91 Å². The number of anilines is 1. The van der Waals surface area contributed by atoms with Crippen molar-refractivity contribution >= 4 is 28.7 Å². The summed E-state index contributed by atoms with van der Waals surface area (Å²) in [5, 5.41) is 11.5. The van der Waals surface area contributed by atoms with Crippen molar-refractivity contribution in [2.45, 2.75) is 6.42 Å². The molecule has 3 aromatic rings. The van der Waals surface area contributed by atoms with Crippen LogP contribution in [0.2, 0.25) is 0 Å². The molecule has 0 bridgehead atoms. The van der Waals surface area contributed by atoms with E-state index in [1.807, 2.05) is 6.07 Å². The third-order valence-corrected chi connectivity index (χ3v) is 4.99. The molecule has 0 atom stereocenters. The molecule has 0 fully saturated rings. The van der Waals surface area contributed by atoms with Crippen LogP contribution < -0.4 is 10.1 Å². The topological polar surface area (TPSA) is 79.2 Å². The maximum absolute atomic E-state index is 14.2. The number of carbonyl (C=O) groups excluding carboxylic acids is 2. The quantitative estimate of drug-likeness (QED) is 0.488. The lowest BCUT2D eigenvalue weighted by atomic mass is 10.0. The zero-order chi connectivity index (χ0) is 20.1. The molecule has 0 radical (unpaired) electrons. The van der Waals surface area contributed by atoms with E-state index < -0.39 is 11.7 Å². The maximum atomic E-state index is 14.2. The highest BCUT2D eigenvalue weighted by Crippen LogP contribution is 2.34. The van der Waals surface area contributed by atoms with Crippen LogP contribution in [-0.2, 0) is 4.79 Å². The molecule has 0 saturated heterocycles. The zero-order valence-electron chi connectivity index (χ0n) is 14.9. The summed E-state index contributed by atoms with van der Waals surface area (Å²) >= 11 is 1.05. The first-order chi connectivity index (χ1) is 13.5. The van der Waals surface area contributed by atoms with E-state index in [2.05, 4.69) is 5.32 Å². The Labute approximate surface area is 165 Å². The van der Waals surface area contributed by atoms with Crippen molar-refractivity contribution in [2.24, 2.45) is 0 Å². The van der Waals surface area contributed by atoms with Gasteiger partial charge in [0, 0.05) is 16.8 Å². The van der Waals surface area contributed by atoms with Gasteiger partial charge in [0.05, 0.1) is 18.4 Å². The maximum Gasteiger partial charge on any atom is 0.232 e. The SMILES string of the molecule is COc1ccc(NC(=O)CC(=O)c2ccc(C#N)s2)cc1-c1ccccc1F. The molecule has 140 valence electrons. The largest absolute Gasteiger partial charge is 0.496 e. The average Bonchev–Trinajstić information content (AvgIpc) is 3.18. The van der Waals surface area contributed by atoms with Gasteiger partial charge in [-0.2, -0.15) is 5.26 Å². The van der Waals surface area contributed by atoms with Gasteiger partial charge < -0.3 is 10.1 Å². The number of rotatable bonds is 6. The highest BCUT2D eigenvalue weighted by Gasteiger charge is 2.16. The van der Waals surface area contributed by atoms with Gasteiger partial charge in [-0.3, -0.25) is 9.59 Å². The number of ether oxygens (including phenoxy) is 1. The molecule has 0 unspecified atom stereocenters. The zero-order valence-corrected chi connectivity index (χ0v) is 15.7. The Hall–Kier alpha value is -3.50. The lowest BCUT2D eigenvalue weighted by Crippen LogP contribution is -2.16. The number of nitriles is 1. The number of nitrogens with one attached hydrogen (secondary N) is 1. The van der Waals surface area contributed by atoms with E-state index in [-0.39, 0.29) is 12.2 Å². The van der Waals surface area contributed by atoms with Crippen molar-refractivity contribution in [3.8, 4) is 22.9 Å². The minimum Gasteiger partial charge on any atom is -0.496 e. The number of hydrogen-bond donors (Lipinski definition) is 1. The first-order valence-electron chi connectivity index (χ1n) is 8.27. The van der Waals surface area contributed by atoms with E-state index in [4.69, 9.17) is 10.00 Å². The Kier molecular flexibility index (Phi) is 5.82. The fourth-order valence-electron chi connectivity index (χ4n) is 2.66. The number of nitrogens with zero attached hydrogens (tertiary/aromatic N) is 1. The molecule has 5 nitrogen and oxygen atoms in total. The fraction of sp³-hybridized carbons (Fsp3) is 0.0952. The van der Waals surface area contributed by atoms with E-state index in [1.54, 1.807) is 42.5 Å². The smallest absolute Gasteiger partial charge is 0.232 e. The van der Waals surface area contributed by atoms with Crippen LogP contribution in [0.5, 0.6) is 5.75 Å². The summed E-state index contributed by atoms with van der Waals surface area (Å²) in [7, 11) is 1.48. The van der Waals surface area contributed by atoms with E-state index >= 15 is 0 Å². The van der Waals surface area contributed by atoms with Crippen molar-refractivity contribution in [1.29, 1.82) is 5.26 Å². The van der Waals surface area contributed by atoms with Crippen LogP contribution in [0, 0.1) is 17.1 Å². The number of hydrogen-bond acceptors (Lipinski definition) is 5. The van der Waals surface area contributed by atoms with E-state index in [0.717, 1.165) is 11.3 Å². The number of Topliss-reactive ketones (excluding diaryl/α,β-unsaturated/α-hetero) is 1. The highest BCUT2D eigenvalue weighted by molar-refractivity contribution is 7.14. The molecular weight excluding hydrogens is 379 g/mol. The Balaban J connectivity index is 1.78. The molecule has 0 aliphatic rings. The third-order valence-electron chi connectivity index (χ3n) is 3.96. The van der Waals surface area contributed by atoms with E-state index in [9.17, 15) is 14.0 Å². The predicted molar refractivity (Wildman–Crippen MR) is 105 cm³/mol. The van der Waals surface area contributed by atoms with Crippen LogP contribution in [0.4, 0.5) is 10.1 Å². The number of ketones is 1. The molecule has 1 amide bonds. The van der Waals surface area contributed by atoms with Crippen LogP contribution in [0.25, 0.3) is 11.1 Å². The molecule has 1 aromatic heterocycles. The molecule has 0 spiro atoms. The second-order valence-corrected chi connectivity index (χ2v) is 6.90. The minimum absolute atomic E-state index is 0.342. The molecule has 3 rings (SSSR count).